The highest BCUT2D eigenvalue weighted by Crippen LogP contribution is 2.30. The van der Waals surface area contributed by atoms with E-state index in [0.29, 0.717) is 26.2 Å². The van der Waals surface area contributed by atoms with Crippen LogP contribution in [-0.4, -0.2) is 33.9 Å². The van der Waals surface area contributed by atoms with Crippen LogP contribution in [0.2, 0.25) is 0 Å². The molecular formula is C12H17NO4S. The van der Waals surface area contributed by atoms with Crippen molar-refractivity contribution in [3.05, 3.63) is 23.8 Å². The number of ether oxygens (including phenoxy) is 2. The van der Waals surface area contributed by atoms with Crippen molar-refractivity contribution in [1.29, 1.82) is 0 Å². The van der Waals surface area contributed by atoms with Gasteiger partial charge in [0.25, 0.3) is 0 Å². The monoisotopic (exact) mass is 271 g/mol. The number of rotatable bonds is 5. The maximum Gasteiger partial charge on any atom is 0.211 e. The van der Waals surface area contributed by atoms with Crippen LogP contribution in [0.25, 0.3) is 0 Å². The van der Waals surface area contributed by atoms with Crippen LogP contribution in [0.15, 0.2) is 18.2 Å². The summed E-state index contributed by atoms with van der Waals surface area (Å²) >= 11 is 0. The molecule has 5 nitrogen and oxygen atoms in total. The van der Waals surface area contributed by atoms with Crippen LogP contribution in [0.5, 0.6) is 11.5 Å². The van der Waals surface area contributed by atoms with Crippen LogP contribution in [0.1, 0.15) is 12.5 Å². The molecule has 6 heteroatoms. The van der Waals surface area contributed by atoms with E-state index in [1.807, 2.05) is 18.2 Å². The highest BCUT2D eigenvalue weighted by molar-refractivity contribution is 7.89. The molecule has 2 rings (SSSR count). The molecule has 0 amide bonds. The topological polar surface area (TPSA) is 64.6 Å². The van der Waals surface area contributed by atoms with Crippen LogP contribution < -0.4 is 14.2 Å². The molecule has 1 N–H and O–H groups in total. The van der Waals surface area contributed by atoms with Crippen LogP contribution >= 0.6 is 0 Å². The highest BCUT2D eigenvalue weighted by Gasteiger charge is 2.12. The van der Waals surface area contributed by atoms with Gasteiger partial charge in [-0.25, -0.2) is 13.1 Å². The first-order chi connectivity index (χ1) is 8.61. The Morgan fingerprint density at radius 3 is 2.67 bits per heavy atom. The number of nitrogens with one attached hydrogen (secondary N) is 1. The molecule has 0 aromatic heterocycles. The zero-order valence-corrected chi connectivity index (χ0v) is 11.1. The van der Waals surface area contributed by atoms with E-state index < -0.39 is 10.0 Å². The summed E-state index contributed by atoms with van der Waals surface area (Å²) in [5.41, 5.74) is 1.03. The standard InChI is InChI=1S/C12H17NO4S/c1-2-18(14,15)13-6-5-10-3-4-11-12(9-10)17-8-7-16-11/h3-4,9,13H,2,5-8H2,1H3. The van der Waals surface area contributed by atoms with Gasteiger partial charge in [-0.1, -0.05) is 6.07 Å². The second-order valence-electron chi connectivity index (χ2n) is 4.03. The maximum absolute atomic E-state index is 11.3. The van der Waals surface area contributed by atoms with Crippen molar-refractivity contribution in [2.75, 3.05) is 25.5 Å². The second kappa shape index (κ2) is 5.58. The normalized spacial score (nSPS) is 14.5. The smallest absolute Gasteiger partial charge is 0.211 e. The van der Waals surface area contributed by atoms with E-state index in [0.717, 1.165) is 17.1 Å². The predicted molar refractivity (Wildman–Crippen MR) is 68.6 cm³/mol. The van der Waals surface area contributed by atoms with E-state index in [9.17, 15) is 8.42 Å². The lowest BCUT2D eigenvalue weighted by atomic mass is 10.1. The van der Waals surface area contributed by atoms with Gasteiger partial charge in [-0.05, 0) is 31.0 Å². The van der Waals surface area contributed by atoms with Crippen LogP contribution in [-0.2, 0) is 16.4 Å². The molecule has 1 aliphatic rings. The molecule has 0 saturated carbocycles. The minimum absolute atomic E-state index is 0.105. The van der Waals surface area contributed by atoms with Crippen molar-refractivity contribution in [1.82, 2.24) is 4.72 Å². The summed E-state index contributed by atoms with van der Waals surface area (Å²) in [5.74, 6) is 1.59. The quantitative estimate of drug-likeness (QED) is 0.865. The van der Waals surface area contributed by atoms with Gasteiger partial charge in [-0.15, -0.1) is 0 Å². The molecule has 0 radical (unpaired) electrons. The summed E-state index contributed by atoms with van der Waals surface area (Å²) in [7, 11) is -3.11. The maximum atomic E-state index is 11.3. The fourth-order valence-corrected chi connectivity index (χ4v) is 2.31. The van der Waals surface area contributed by atoms with E-state index in [4.69, 9.17) is 9.47 Å². The van der Waals surface area contributed by atoms with Crippen LogP contribution in [0, 0.1) is 0 Å². The van der Waals surface area contributed by atoms with Gasteiger partial charge in [0.05, 0.1) is 5.75 Å². The average Bonchev–Trinajstić information content (AvgIpc) is 2.38. The molecule has 0 saturated heterocycles. The first-order valence-corrected chi connectivity index (χ1v) is 7.62. The second-order valence-corrected chi connectivity index (χ2v) is 6.12. The SMILES string of the molecule is CCS(=O)(=O)NCCc1ccc2c(c1)OCCO2. The van der Waals surface area contributed by atoms with Crippen LogP contribution in [0.3, 0.4) is 0 Å². The molecule has 18 heavy (non-hydrogen) atoms. The molecule has 0 aliphatic carbocycles. The Bertz CT molecular complexity index is 513. The largest absolute Gasteiger partial charge is 0.486 e. The van der Waals surface area contributed by atoms with Gasteiger partial charge in [0, 0.05) is 6.54 Å². The summed E-state index contributed by atoms with van der Waals surface area (Å²) in [6.07, 6.45) is 0.635. The number of hydrogen-bond acceptors (Lipinski definition) is 4. The van der Waals surface area contributed by atoms with Crippen molar-refractivity contribution in [2.45, 2.75) is 13.3 Å². The van der Waals surface area contributed by atoms with E-state index in [2.05, 4.69) is 4.72 Å². The van der Waals surface area contributed by atoms with Crippen molar-refractivity contribution in [3.63, 3.8) is 0 Å². The van der Waals surface area contributed by atoms with E-state index in [-0.39, 0.29) is 5.75 Å². The third-order valence-electron chi connectivity index (χ3n) is 2.72. The van der Waals surface area contributed by atoms with Gasteiger partial charge < -0.3 is 9.47 Å². The lowest BCUT2D eigenvalue weighted by Gasteiger charge is -2.18. The van der Waals surface area contributed by atoms with Gasteiger partial charge in [0.15, 0.2) is 11.5 Å². The summed E-state index contributed by atoms with van der Waals surface area (Å²) < 4.78 is 36.0. The first-order valence-electron chi connectivity index (χ1n) is 5.96. The Hall–Kier alpha value is -1.27. The molecule has 1 heterocycles. The minimum atomic E-state index is -3.11. The summed E-state index contributed by atoms with van der Waals surface area (Å²) in [6, 6.07) is 5.68. The number of hydrogen-bond donors (Lipinski definition) is 1. The Balaban J connectivity index is 1.94. The Kier molecular flexibility index (Phi) is 4.08. The third kappa shape index (κ3) is 3.36. The lowest BCUT2D eigenvalue weighted by Crippen LogP contribution is -2.27. The molecule has 0 atom stereocenters. The Morgan fingerprint density at radius 2 is 1.94 bits per heavy atom. The molecule has 0 unspecified atom stereocenters. The van der Waals surface area contributed by atoms with Crippen LogP contribution in [0.4, 0.5) is 0 Å². The Morgan fingerprint density at radius 1 is 1.22 bits per heavy atom. The number of sulfonamides is 1. The summed E-state index contributed by atoms with van der Waals surface area (Å²) in [4.78, 5) is 0. The van der Waals surface area contributed by atoms with E-state index in [1.165, 1.54) is 0 Å². The fraction of sp³-hybridized carbons (Fsp3) is 0.500. The molecule has 1 aromatic carbocycles. The van der Waals surface area contributed by atoms with Gasteiger partial charge in [0.1, 0.15) is 13.2 Å². The van der Waals surface area contributed by atoms with Crippen molar-refractivity contribution in [2.24, 2.45) is 0 Å². The van der Waals surface area contributed by atoms with Gasteiger partial charge >= 0.3 is 0 Å². The summed E-state index contributed by atoms with van der Waals surface area (Å²) in [6.45, 7) is 3.14. The molecular weight excluding hydrogens is 254 g/mol. The zero-order valence-electron chi connectivity index (χ0n) is 10.3. The lowest BCUT2D eigenvalue weighted by molar-refractivity contribution is 0.171. The van der Waals surface area contributed by atoms with Gasteiger partial charge in [0.2, 0.25) is 10.0 Å². The van der Waals surface area contributed by atoms with E-state index in [1.54, 1.807) is 6.92 Å². The van der Waals surface area contributed by atoms with E-state index >= 15 is 0 Å². The number of fused-ring (bicyclic) bond motifs is 1. The van der Waals surface area contributed by atoms with Crippen molar-refractivity contribution in [3.8, 4) is 11.5 Å². The fourth-order valence-electron chi connectivity index (χ4n) is 1.70. The van der Waals surface area contributed by atoms with Crippen molar-refractivity contribution >= 4 is 10.0 Å². The average molecular weight is 271 g/mol. The molecule has 0 bridgehead atoms. The molecule has 0 fully saturated rings. The number of benzene rings is 1. The Labute approximate surface area is 107 Å². The predicted octanol–water partition coefficient (Wildman–Crippen LogP) is 0.940. The third-order valence-corrected chi connectivity index (χ3v) is 4.13. The molecule has 1 aromatic rings. The molecule has 100 valence electrons. The summed E-state index contributed by atoms with van der Waals surface area (Å²) in [5, 5.41) is 0. The van der Waals surface area contributed by atoms with Crippen molar-refractivity contribution < 1.29 is 17.9 Å². The first kappa shape index (κ1) is 13.2. The molecule has 1 aliphatic heterocycles. The highest BCUT2D eigenvalue weighted by atomic mass is 32.2. The minimum Gasteiger partial charge on any atom is -0.486 e. The molecule has 0 spiro atoms. The van der Waals surface area contributed by atoms with Gasteiger partial charge in [-0.3, -0.25) is 0 Å². The van der Waals surface area contributed by atoms with Gasteiger partial charge in [-0.2, -0.15) is 0 Å². The zero-order chi connectivity index (χ0) is 13.0.